The highest BCUT2D eigenvalue weighted by Gasteiger charge is 2.09. The quantitative estimate of drug-likeness (QED) is 0.376. The molecule has 22 heavy (non-hydrogen) atoms. The zero-order valence-electron chi connectivity index (χ0n) is 13.3. The first-order valence-electron chi connectivity index (χ1n) is 7.44. The molecule has 2 rings (SSSR count). The Hall–Kier alpha value is -0.940. The van der Waals surface area contributed by atoms with Crippen LogP contribution < -0.4 is 10.6 Å². The molecule has 0 bridgehead atoms. The maximum Gasteiger partial charge on any atom is 0.191 e. The molecule has 0 spiro atoms. The Bertz CT molecular complexity index is 445. The van der Waals surface area contributed by atoms with E-state index in [1.807, 2.05) is 7.05 Å². The number of ether oxygens (including phenoxy) is 1. The Morgan fingerprint density at radius 3 is 2.77 bits per heavy atom. The summed E-state index contributed by atoms with van der Waals surface area (Å²) in [4.78, 5) is 11.1. The van der Waals surface area contributed by atoms with Crippen LogP contribution in [0.25, 0.3) is 0 Å². The second kappa shape index (κ2) is 10.7. The fourth-order valence-corrected chi connectivity index (χ4v) is 2.11. The van der Waals surface area contributed by atoms with E-state index in [1.54, 1.807) is 11.0 Å². The van der Waals surface area contributed by atoms with Crippen LogP contribution >= 0.6 is 24.0 Å². The highest BCUT2D eigenvalue weighted by molar-refractivity contribution is 14.0. The molecule has 0 atom stereocenters. The number of aryl methyl sites for hydroxylation is 1. The van der Waals surface area contributed by atoms with Crippen LogP contribution in [0, 0.1) is 0 Å². The number of hydrogen-bond donors (Lipinski definition) is 2. The van der Waals surface area contributed by atoms with Crippen LogP contribution in [0.5, 0.6) is 0 Å². The second-order valence-electron chi connectivity index (χ2n) is 4.88. The van der Waals surface area contributed by atoms with E-state index < -0.39 is 0 Å². The number of aliphatic imine (C=N–C) groups is 1. The van der Waals surface area contributed by atoms with Crippen LogP contribution in [0.3, 0.4) is 0 Å². The van der Waals surface area contributed by atoms with E-state index in [0.29, 0.717) is 6.54 Å². The lowest BCUT2D eigenvalue weighted by molar-refractivity contribution is 0.0389. The van der Waals surface area contributed by atoms with Gasteiger partial charge in [0.15, 0.2) is 5.96 Å². The predicted octanol–water partition coefficient (Wildman–Crippen LogP) is -0.180. The summed E-state index contributed by atoms with van der Waals surface area (Å²) in [5, 5.41) is 10.6. The minimum Gasteiger partial charge on any atom is -0.379 e. The van der Waals surface area contributed by atoms with E-state index >= 15 is 0 Å². The molecule has 0 unspecified atom stereocenters. The summed E-state index contributed by atoms with van der Waals surface area (Å²) in [7, 11) is 1.87. The SMILES string of the molecule is CCNC(=NCc1ncnn1C)NCCN1CCOCC1.I. The van der Waals surface area contributed by atoms with Gasteiger partial charge in [0, 0.05) is 39.8 Å². The van der Waals surface area contributed by atoms with Crippen molar-refractivity contribution in [3.63, 3.8) is 0 Å². The van der Waals surface area contributed by atoms with E-state index in [-0.39, 0.29) is 24.0 Å². The highest BCUT2D eigenvalue weighted by atomic mass is 127. The Morgan fingerprint density at radius 1 is 1.36 bits per heavy atom. The maximum atomic E-state index is 5.34. The third-order valence-corrected chi connectivity index (χ3v) is 3.35. The molecule has 9 heteroatoms. The summed E-state index contributed by atoms with van der Waals surface area (Å²) in [5.41, 5.74) is 0. The van der Waals surface area contributed by atoms with E-state index in [2.05, 4.69) is 37.5 Å². The molecular formula is C13H26IN7O. The van der Waals surface area contributed by atoms with Crippen molar-refractivity contribution in [1.29, 1.82) is 0 Å². The molecule has 2 heterocycles. The number of halogens is 1. The van der Waals surface area contributed by atoms with E-state index in [1.165, 1.54) is 0 Å². The molecule has 1 aromatic rings. The molecule has 0 amide bonds. The Labute approximate surface area is 148 Å². The molecular weight excluding hydrogens is 397 g/mol. The minimum atomic E-state index is 0. The fraction of sp³-hybridized carbons (Fsp3) is 0.769. The zero-order valence-corrected chi connectivity index (χ0v) is 15.6. The second-order valence-corrected chi connectivity index (χ2v) is 4.88. The van der Waals surface area contributed by atoms with Gasteiger partial charge in [-0.05, 0) is 6.92 Å². The topological polar surface area (TPSA) is 79.6 Å². The van der Waals surface area contributed by atoms with Gasteiger partial charge in [-0.25, -0.2) is 9.98 Å². The molecule has 1 aromatic heterocycles. The summed E-state index contributed by atoms with van der Waals surface area (Å²) in [6.07, 6.45) is 1.55. The third-order valence-electron chi connectivity index (χ3n) is 3.35. The van der Waals surface area contributed by atoms with Crippen molar-refractivity contribution in [2.24, 2.45) is 12.0 Å². The average molecular weight is 423 g/mol. The lowest BCUT2D eigenvalue weighted by Gasteiger charge is -2.26. The summed E-state index contributed by atoms with van der Waals surface area (Å²) < 4.78 is 7.08. The molecule has 0 aliphatic carbocycles. The molecule has 2 N–H and O–H groups in total. The summed E-state index contributed by atoms with van der Waals surface area (Å²) in [5.74, 6) is 1.66. The molecule has 1 aliphatic heterocycles. The van der Waals surface area contributed by atoms with Gasteiger partial charge in [-0.15, -0.1) is 24.0 Å². The molecule has 0 radical (unpaired) electrons. The molecule has 1 aliphatic rings. The van der Waals surface area contributed by atoms with E-state index in [9.17, 15) is 0 Å². The number of nitrogens with zero attached hydrogens (tertiary/aromatic N) is 5. The van der Waals surface area contributed by atoms with Gasteiger partial charge in [0.2, 0.25) is 0 Å². The number of nitrogens with one attached hydrogen (secondary N) is 2. The van der Waals surface area contributed by atoms with Gasteiger partial charge < -0.3 is 15.4 Å². The van der Waals surface area contributed by atoms with Crippen molar-refractivity contribution >= 4 is 29.9 Å². The van der Waals surface area contributed by atoms with Crippen molar-refractivity contribution in [2.45, 2.75) is 13.5 Å². The number of hydrogen-bond acceptors (Lipinski definition) is 5. The van der Waals surface area contributed by atoms with Gasteiger partial charge in [-0.3, -0.25) is 9.58 Å². The van der Waals surface area contributed by atoms with Crippen LogP contribution in [0.15, 0.2) is 11.3 Å². The van der Waals surface area contributed by atoms with Crippen molar-refractivity contribution < 1.29 is 4.74 Å². The number of guanidine groups is 1. The van der Waals surface area contributed by atoms with Crippen LogP contribution in [0.2, 0.25) is 0 Å². The lowest BCUT2D eigenvalue weighted by Crippen LogP contribution is -2.44. The monoisotopic (exact) mass is 423 g/mol. The number of rotatable bonds is 6. The largest absolute Gasteiger partial charge is 0.379 e. The van der Waals surface area contributed by atoms with Crippen molar-refractivity contribution in [1.82, 2.24) is 30.3 Å². The Balaban J connectivity index is 0.00000242. The molecule has 0 saturated carbocycles. The van der Waals surface area contributed by atoms with Gasteiger partial charge in [-0.2, -0.15) is 5.10 Å². The minimum absolute atomic E-state index is 0. The molecule has 1 saturated heterocycles. The van der Waals surface area contributed by atoms with E-state index in [0.717, 1.165) is 57.7 Å². The van der Waals surface area contributed by atoms with Gasteiger partial charge >= 0.3 is 0 Å². The van der Waals surface area contributed by atoms with E-state index in [4.69, 9.17) is 4.74 Å². The van der Waals surface area contributed by atoms with Crippen LogP contribution in [0.4, 0.5) is 0 Å². The maximum absolute atomic E-state index is 5.34. The average Bonchev–Trinajstić information content (AvgIpc) is 2.91. The summed E-state index contributed by atoms with van der Waals surface area (Å²) in [6, 6.07) is 0. The van der Waals surface area contributed by atoms with Crippen LogP contribution in [0.1, 0.15) is 12.7 Å². The Kier molecular flexibility index (Phi) is 9.32. The van der Waals surface area contributed by atoms with Crippen LogP contribution in [-0.2, 0) is 18.3 Å². The first kappa shape index (κ1) is 19.1. The lowest BCUT2D eigenvalue weighted by atomic mass is 10.4. The standard InChI is InChI=1S/C13H25N7O.HI/c1-3-14-13(16-10-12-17-11-18-19(12)2)15-4-5-20-6-8-21-9-7-20;/h11H,3-10H2,1-2H3,(H2,14,15,16);1H. The summed E-state index contributed by atoms with van der Waals surface area (Å²) >= 11 is 0. The number of aromatic nitrogens is 3. The molecule has 1 fully saturated rings. The predicted molar refractivity (Wildman–Crippen MR) is 96.5 cm³/mol. The van der Waals surface area contributed by atoms with Gasteiger partial charge in [0.1, 0.15) is 18.7 Å². The van der Waals surface area contributed by atoms with Crippen molar-refractivity contribution in [3.8, 4) is 0 Å². The molecule has 126 valence electrons. The smallest absolute Gasteiger partial charge is 0.191 e. The molecule has 8 nitrogen and oxygen atoms in total. The fourth-order valence-electron chi connectivity index (χ4n) is 2.11. The zero-order chi connectivity index (χ0) is 14.9. The third kappa shape index (κ3) is 6.44. The van der Waals surface area contributed by atoms with Gasteiger partial charge in [-0.1, -0.05) is 0 Å². The highest BCUT2D eigenvalue weighted by Crippen LogP contribution is 1.95. The van der Waals surface area contributed by atoms with Crippen molar-refractivity contribution in [2.75, 3.05) is 45.9 Å². The Morgan fingerprint density at radius 2 is 2.14 bits per heavy atom. The summed E-state index contributed by atoms with van der Waals surface area (Å²) in [6.45, 7) is 8.96. The molecule has 0 aromatic carbocycles. The van der Waals surface area contributed by atoms with Gasteiger partial charge in [0.05, 0.1) is 13.2 Å². The van der Waals surface area contributed by atoms with Crippen molar-refractivity contribution in [3.05, 3.63) is 12.2 Å². The number of morpholine rings is 1. The van der Waals surface area contributed by atoms with Crippen LogP contribution in [-0.4, -0.2) is 71.6 Å². The first-order valence-corrected chi connectivity index (χ1v) is 7.44. The normalized spacial score (nSPS) is 16.2. The first-order chi connectivity index (χ1) is 10.3. The van der Waals surface area contributed by atoms with Gasteiger partial charge in [0.25, 0.3) is 0 Å².